The molecule has 0 unspecified atom stereocenters. The number of nitrogens with one attached hydrogen (secondary N) is 1. The lowest BCUT2D eigenvalue weighted by molar-refractivity contribution is 0.102. The van der Waals surface area contributed by atoms with Crippen LogP contribution in [0, 0.1) is 5.82 Å². The average Bonchev–Trinajstić information content (AvgIpc) is 2.86. The summed E-state index contributed by atoms with van der Waals surface area (Å²) in [6.07, 6.45) is 1.27. The van der Waals surface area contributed by atoms with E-state index >= 15 is 0 Å². The van der Waals surface area contributed by atoms with Crippen molar-refractivity contribution < 1.29 is 18.8 Å². The quantitative estimate of drug-likeness (QED) is 0.350. The number of hydrogen-bond acceptors (Lipinski definition) is 4. The summed E-state index contributed by atoms with van der Waals surface area (Å²) in [5, 5.41) is 13.7. The highest BCUT2D eigenvalue weighted by Gasteiger charge is 2.14. The number of furan rings is 1. The summed E-state index contributed by atoms with van der Waals surface area (Å²) in [7, 11) is 0. The van der Waals surface area contributed by atoms with Gasteiger partial charge in [0, 0.05) is 5.69 Å². The Morgan fingerprint density at radius 2 is 2.15 bits per heavy atom. The van der Waals surface area contributed by atoms with Crippen molar-refractivity contribution in [3.8, 4) is 0 Å². The fourth-order valence-corrected chi connectivity index (χ4v) is 1.71. The molecule has 8 heteroatoms. The van der Waals surface area contributed by atoms with Crippen LogP contribution in [-0.2, 0) is 0 Å². The summed E-state index contributed by atoms with van der Waals surface area (Å²) >= 11 is 5.67. The summed E-state index contributed by atoms with van der Waals surface area (Å²) in [5.41, 5.74) is 5.59. The molecule has 0 aliphatic heterocycles. The number of nitrogens with two attached hydrogens (primary N) is 1. The first-order valence-electron chi connectivity index (χ1n) is 5.34. The summed E-state index contributed by atoms with van der Waals surface area (Å²) in [5.74, 6) is -1.61. The third kappa shape index (κ3) is 2.72. The third-order valence-electron chi connectivity index (χ3n) is 2.47. The van der Waals surface area contributed by atoms with Gasteiger partial charge in [-0.15, -0.1) is 0 Å². The Morgan fingerprint density at radius 3 is 2.75 bits per heavy atom. The Hall–Kier alpha value is -2.54. The third-order valence-corrected chi connectivity index (χ3v) is 2.76. The Labute approximate surface area is 117 Å². The molecule has 6 nitrogen and oxygen atoms in total. The Balaban J connectivity index is 2.27. The number of carbonyl (C=O) groups excluding carboxylic acids is 1. The van der Waals surface area contributed by atoms with Crippen molar-refractivity contribution in [2.24, 2.45) is 10.9 Å². The van der Waals surface area contributed by atoms with E-state index in [1.807, 2.05) is 0 Å². The first-order valence-corrected chi connectivity index (χ1v) is 5.72. The van der Waals surface area contributed by atoms with Crippen LogP contribution in [0.15, 0.2) is 40.1 Å². The van der Waals surface area contributed by atoms with Crippen LogP contribution in [0.2, 0.25) is 5.22 Å². The largest absolute Gasteiger partial charge is 0.452 e. The molecule has 1 heterocycles. The number of nitrogens with zero attached hydrogens (tertiary/aromatic N) is 1. The number of oxime groups is 1. The van der Waals surface area contributed by atoms with E-state index in [-0.39, 0.29) is 22.0 Å². The molecule has 2 rings (SSSR count). The van der Waals surface area contributed by atoms with Gasteiger partial charge in [-0.25, -0.2) is 4.39 Å². The van der Waals surface area contributed by atoms with Crippen LogP contribution in [0.25, 0.3) is 0 Å². The molecule has 0 fully saturated rings. The molecule has 0 saturated carbocycles. The molecule has 1 aromatic heterocycles. The molecular weight excluding hydrogens is 289 g/mol. The van der Waals surface area contributed by atoms with E-state index in [9.17, 15) is 9.18 Å². The van der Waals surface area contributed by atoms with Crippen LogP contribution in [0.1, 0.15) is 15.9 Å². The highest BCUT2D eigenvalue weighted by atomic mass is 35.5. The second-order valence-corrected chi connectivity index (χ2v) is 4.09. The monoisotopic (exact) mass is 297 g/mol. The minimum absolute atomic E-state index is 0.0544. The topological polar surface area (TPSA) is 101 Å². The van der Waals surface area contributed by atoms with E-state index in [4.69, 9.17) is 27.0 Å². The number of anilines is 1. The van der Waals surface area contributed by atoms with E-state index in [1.165, 1.54) is 24.5 Å². The summed E-state index contributed by atoms with van der Waals surface area (Å²) < 4.78 is 18.3. The van der Waals surface area contributed by atoms with E-state index in [1.54, 1.807) is 0 Å². The lowest BCUT2D eigenvalue weighted by atomic mass is 10.1. The van der Waals surface area contributed by atoms with Crippen molar-refractivity contribution in [1.29, 1.82) is 0 Å². The van der Waals surface area contributed by atoms with Crippen molar-refractivity contribution in [2.45, 2.75) is 0 Å². The van der Waals surface area contributed by atoms with Crippen LogP contribution in [-0.4, -0.2) is 17.0 Å². The number of hydrogen-bond donors (Lipinski definition) is 3. The molecule has 1 aromatic carbocycles. The molecule has 2 aromatic rings. The van der Waals surface area contributed by atoms with Crippen LogP contribution in [0.5, 0.6) is 0 Å². The second-order valence-electron chi connectivity index (χ2n) is 3.74. The van der Waals surface area contributed by atoms with Gasteiger partial charge in [-0.2, -0.15) is 0 Å². The van der Waals surface area contributed by atoms with Gasteiger partial charge in [0.2, 0.25) is 5.22 Å². The zero-order valence-electron chi connectivity index (χ0n) is 9.93. The average molecular weight is 298 g/mol. The first kappa shape index (κ1) is 13.9. The van der Waals surface area contributed by atoms with Gasteiger partial charge in [0.25, 0.3) is 5.91 Å². The number of benzene rings is 1. The summed E-state index contributed by atoms with van der Waals surface area (Å²) in [6.45, 7) is 0. The lowest BCUT2D eigenvalue weighted by Gasteiger charge is -2.07. The van der Waals surface area contributed by atoms with Gasteiger partial charge >= 0.3 is 0 Å². The maximum atomic E-state index is 13.5. The van der Waals surface area contributed by atoms with Gasteiger partial charge in [0.1, 0.15) is 5.82 Å². The van der Waals surface area contributed by atoms with E-state index in [2.05, 4.69) is 10.5 Å². The molecule has 0 bridgehead atoms. The van der Waals surface area contributed by atoms with Gasteiger partial charge in [-0.05, 0) is 35.9 Å². The zero-order valence-corrected chi connectivity index (χ0v) is 10.7. The minimum Gasteiger partial charge on any atom is -0.452 e. The van der Waals surface area contributed by atoms with Crippen molar-refractivity contribution in [3.63, 3.8) is 0 Å². The predicted molar refractivity (Wildman–Crippen MR) is 70.6 cm³/mol. The minimum atomic E-state index is -0.681. The number of amidine groups is 1. The molecule has 0 saturated heterocycles. The highest BCUT2D eigenvalue weighted by molar-refractivity contribution is 6.32. The summed E-state index contributed by atoms with van der Waals surface area (Å²) in [6, 6.07) is 5.04. The lowest BCUT2D eigenvalue weighted by Crippen LogP contribution is -2.17. The fourth-order valence-electron chi connectivity index (χ4n) is 1.51. The molecule has 0 radical (unpaired) electrons. The van der Waals surface area contributed by atoms with E-state index in [0.29, 0.717) is 0 Å². The number of rotatable bonds is 3. The molecular formula is C12H9ClFN3O3. The van der Waals surface area contributed by atoms with Crippen LogP contribution in [0.4, 0.5) is 10.1 Å². The normalized spacial score (nSPS) is 11.4. The first-order chi connectivity index (χ1) is 9.52. The molecule has 20 heavy (non-hydrogen) atoms. The van der Waals surface area contributed by atoms with Crippen LogP contribution < -0.4 is 11.1 Å². The fraction of sp³-hybridized carbons (Fsp3) is 0. The maximum absolute atomic E-state index is 13.5. The molecule has 104 valence electrons. The van der Waals surface area contributed by atoms with Crippen molar-refractivity contribution in [1.82, 2.24) is 0 Å². The SMILES string of the molecule is N/C(=N/O)c1cc(NC(=O)c2ccoc2Cl)ccc1F. The van der Waals surface area contributed by atoms with Gasteiger partial charge in [-0.3, -0.25) is 4.79 Å². The Kier molecular flexibility index (Phi) is 3.90. The van der Waals surface area contributed by atoms with Crippen molar-refractivity contribution in [2.75, 3.05) is 5.32 Å². The second kappa shape index (κ2) is 5.62. The molecule has 0 aliphatic rings. The van der Waals surface area contributed by atoms with Gasteiger partial charge in [0.05, 0.1) is 17.4 Å². The zero-order chi connectivity index (χ0) is 14.7. The number of halogens is 2. The maximum Gasteiger partial charge on any atom is 0.260 e. The molecule has 4 N–H and O–H groups in total. The van der Waals surface area contributed by atoms with Gasteiger partial charge in [0.15, 0.2) is 5.84 Å². The molecule has 0 spiro atoms. The van der Waals surface area contributed by atoms with Gasteiger partial charge in [-0.1, -0.05) is 5.16 Å². The van der Waals surface area contributed by atoms with Crippen LogP contribution >= 0.6 is 11.6 Å². The predicted octanol–water partition coefficient (Wildman–Crippen LogP) is 2.42. The summed E-state index contributed by atoms with van der Waals surface area (Å²) in [4.78, 5) is 11.9. The van der Waals surface area contributed by atoms with Crippen molar-refractivity contribution >= 4 is 29.0 Å². The standard InChI is InChI=1S/C12H9ClFN3O3/c13-10-7(3-4-20-10)12(18)16-6-1-2-9(14)8(5-6)11(15)17-19/h1-5,19H,(H2,15,17)(H,16,18). The van der Waals surface area contributed by atoms with Crippen LogP contribution in [0.3, 0.4) is 0 Å². The number of carbonyl (C=O) groups is 1. The Morgan fingerprint density at radius 1 is 1.40 bits per heavy atom. The molecule has 0 aliphatic carbocycles. The van der Waals surface area contributed by atoms with Crippen molar-refractivity contribution in [3.05, 3.63) is 52.7 Å². The van der Waals surface area contributed by atoms with E-state index in [0.717, 1.165) is 6.07 Å². The van der Waals surface area contributed by atoms with E-state index < -0.39 is 17.6 Å². The molecule has 1 amide bonds. The Bertz CT molecular complexity index is 684. The van der Waals surface area contributed by atoms with Gasteiger partial charge < -0.3 is 20.7 Å². The highest BCUT2D eigenvalue weighted by Crippen LogP contribution is 2.20. The molecule has 0 atom stereocenters. The smallest absolute Gasteiger partial charge is 0.260 e. The number of amides is 1.